The molecule has 25 heavy (non-hydrogen) atoms. The van der Waals surface area contributed by atoms with Crippen LogP contribution in [0.3, 0.4) is 0 Å². The molecule has 2 aromatic heterocycles. The molecule has 0 aliphatic heterocycles. The first-order valence-corrected chi connectivity index (χ1v) is 10.3. The van der Waals surface area contributed by atoms with Crippen molar-refractivity contribution < 1.29 is 0 Å². The smallest absolute Gasteiger partial charge is 0.139 e. The van der Waals surface area contributed by atoms with Crippen LogP contribution >= 0.6 is 11.3 Å². The highest BCUT2D eigenvalue weighted by Gasteiger charge is 2.45. The maximum Gasteiger partial charge on any atom is 0.139 e. The number of thiophene rings is 1. The molecule has 1 saturated carbocycles. The predicted octanol–water partition coefficient (Wildman–Crippen LogP) is 4.33. The molecule has 1 unspecified atom stereocenters. The lowest BCUT2D eigenvalue weighted by Crippen LogP contribution is -2.36. The summed E-state index contributed by atoms with van der Waals surface area (Å²) in [7, 11) is 4.40. The summed E-state index contributed by atoms with van der Waals surface area (Å²) in [6, 6.07) is 1.27. The number of allylic oxidation sites excluding steroid dienone is 2. The van der Waals surface area contributed by atoms with Crippen LogP contribution < -0.4 is 5.32 Å². The Labute approximate surface area is 153 Å². The zero-order chi connectivity index (χ0) is 17.2. The van der Waals surface area contributed by atoms with E-state index in [1.807, 2.05) is 11.3 Å². The molecule has 5 rings (SSSR count). The zero-order valence-electron chi connectivity index (χ0n) is 15.3. The van der Waals surface area contributed by atoms with Gasteiger partial charge in [-0.25, -0.2) is 9.97 Å². The highest BCUT2D eigenvalue weighted by Crippen LogP contribution is 2.61. The maximum atomic E-state index is 4.66. The highest BCUT2D eigenvalue weighted by atomic mass is 32.1. The summed E-state index contributed by atoms with van der Waals surface area (Å²) in [5.41, 5.74) is 3.34. The van der Waals surface area contributed by atoms with E-state index in [4.69, 9.17) is 0 Å². The molecule has 0 amide bonds. The van der Waals surface area contributed by atoms with Crippen molar-refractivity contribution in [1.29, 1.82) is 0 Å². The van der Waals surface area contributed by atoms with Crippen molar-refractivity contribution in [1.82, 2.24) is 14.9 Å². The van der Waals surface area contributed by atoms with Gasteiger partial charge in [0.1, 0.15) is 17.0 Å². The van der Waals surface area contributed by atoms with Crippen LogP contribution in [0.5, 0.6) is 0 Å². The summed E-state index contributed by atoms with van der Waals surface area (Å²) in [5, 5.41) is 5.07. The minimum absolute atomic E-state index is 0.345. The van der Waals surface area contributed by atoms with Crippen LogP contribution in [-0.4, -0.2) is 41.0 Å². The topological polar surface area (TPSA) is 41.0 Å². The van der Waals surface area contributed by atoms with Crippen LogP contribution in [0.15, 0.2) is 12.4 Å². The van der Waals surface area contributed by atoms with Gasteiger partial charge in [-0.3, -0.25) is 0 Å². The van der Waals surface area contributed by atoms with Crippen molar-refractivity contribution in [2.75, 3.05) is 19.4 Å². The van der Waals surface area contributed by atoms with Crippen molar-refractivity contribution in [2.24, 2.45) is 5.41 Å². The SMILES string of the molecule is CN(C)C1CCC(Nc2ncnc3sc4c(c23)C2=CC2(C)CC4)CC1. The van der Waals surface area contributed by atoms with E-state index in [-0.39, 0.29) is 0 Å². The molecule has 0 saturated heterocycles. The van der Waals surface area contributed by atoms with Gasteiger partial charge in [0.15, 0.2) is 0 Å². The standard InChI is InChI=1S/C20H26N4S/c1-20-9-8-15-16(14(20)10-20)17-18(21-11-22-19(17)25-15)23-12-4-6-13(7-5-12)24(2)3/h10-13H,4-9H2,1-3H3,(H,21,22,23). The first-order chi connectivity index (χ1) is 12.0. The average Bonchev–Trinajstić information content (AvgIpc) is 3.14. The molecule has 5 heteroatoms. The second kappa shape index (κ2) is 5.52. The molecule has 3 aliphatic carbocycles. The lowest BCUT2D eigenvalue weighted by molar-refractivity contribution is 0.221. The lowest BCUT2D eigenvalue weighted by Gasteiger charge is -2.33. The fraction of sp³-hybridized carbons (Fsp3) is 0.600. The number of nitrogens with one attached hydrogen (secondary N) is 1. The largest absolute Gasteiger partial charge is 0.367 e. The molecule has 2 heterocycles. The van der Waals surface area contributed by atoms with Gasteiger partial charge in [0.25, 0.3) is 0 Å². The molecule has 2 aromatic rings. The summed E-state index contributed by atoms with van der Waals surface area (Å²) in [4.78, 5) is 14.3. The molecule has 4 nitrogen and oxygen atoms in total. The second-order valence-corrected chi connectivity index (χ2v) is 9.48. The Hall–Kier alpha value is -1.46. The molecule has 0 bridgehead atoms. The molecule has 1 fully saturated rings. The molecule has 0 radical (unpaired) electrons. The van der Waals surface area contributed by atoms with Gasteiger partial charge in [-0.05, 0) is 58.2 Å². The van der Waals surface area contributed by atoms with E-state index in [1.165, 1.54) is 59.9 Å². The third-order valence-electron chi connectivity index (χ3n) is 6.46. The maximum absolute atomic E-state index is 4.66. The van der Waals surface area contributed by atoms with Gasteiger partial charge in [-0.1, -0.05) is 13.0 Å². The number of anilines is 1. The van der Waals surface area contributed by atoms with Crippen molar-refractivity contribution in [3.05, 3.63) is 22.8 Å². The van der Waals surface area contributed by atoms with Crippen molar-refractivity contribution in [2.45, 2.75) is 57.5 Å². The zero-order valence-corrected chi connectivity index (χ0v) is 16.1. The summed E-state index contributed by atoms with van der Waals surface area (Å²) >= 11 is 1.87. The fourth-order valence-electron chi connectivity index (χ4n) is 4.70. The van der Waals surface area contributed by atoms with Crippen LogP contribution in [0.1, 0.15) is 49.5 Å². The second-order valence-electron chi connectivity index (χ2n) is 8.39. The van der Waals surface area contributed by atoms with Crippen molar-refractivity contribution in [3.63, 3.8) is 0 Å². The Bertz CT molecular complexity index is 860. The number of rotatable bonds is 3. The number of nitrogens with zero attached hydrogens (tertiary/aromatic N) is 3. The van der Waals surface area contributed by atoms with Gasteiger partial charge in [0.2, 0.25) is 0 Å². The average molecular weight is 355 g/mol. The monoisotopic (exact) mass is 354 g/mol. The first kappa shape index (κ1) is 15.8. The minimum atomic E-state index is 0.345. The summed E-state index contributed by atoms with van der Waals surface area (Å²) in [5.74, 6) is 1.06. The van der Waals surface area contributed by atoms with Crippen LogP contribution in [0, 0.1) is 5.41 Å². The summed E-state index contributed by atoms with van der Waals surface area (Å²) in [6.07, 6.45) is 11.6. The van der Waals surface area contributed by atoms with E-state index < -0.39 is 0 Å². The number of aryl methyl sites for hydroxylation is 1. The molecule has 1 atom stereocenters. The van der Waals surface area contributed by atoms with Crippen molar-refractivity contribution >= 4 is 32.9 Å². The Morgan fingerprint density at radius 3 is 2.76 bits per heavy atom. The van der Waals surface area contributed by atoms with E-state index >= 15 is 0 Å². The molecular formula is C20H26N4S. The van der Waals surface area contributed by atoms with Crippen LogP contribution in [-0.2, 0) is 6.42 Å². The van der Waals surface area contributed by atoms with E-state index in [0.29, 0.717) is 11.5 Å². The highest BCUT2D eigenvalue weighted by molar-refractivity contribution is 7.19. The van der Waals surface area contributed by atoms with Crippen LogP contribution in [0.4, 0.5) is 5.82 Å². The summed E-state index contributed by atoms with van der Waals surface area (Å²) < 4.78 is 0. The third-order valence-corrected chi connectivity index (χ3v) is 7.62. The van der Waals surface area contributed by atoms with Crippen LogP contribution in [0.25, 0.3) is 15.8 Å². The fourth-order valence-corrected chi connectivity index (χ4v) is 5.85. The first-order valence-electron chi connectivity index (χ1n) is 9.48. The van der Waals surface area contributed by atoms with Gasteiger partial charge >= 0.3 is 0 Å². The number of hydrogen-bond donors (Lipinski definition) is 1. The Morgan fingerprint density at radius 1 is 1.20 bits per heavy atom. The Morgan fingerprint density at radius 2 is 2.00 bits per heavy atom. The summed E-state index contributed by atoms with van der Waals surface area (Å²) in [6.45, 7) is 2.37. The number of hydrogen-bond acceptors (Lipinski definition) is 5. The Balaban J connectivity index is 1.45. The molecule has 132 valence electrons. The van der Waals surface area contributed by atoms with Gasteiger partial charge in [0, 0.05) is 27.9 Å². The van der Waals surface area contributed by atoms with E-state index in [2.05, 4.69) is 47.3 Å². The molecule has 3 aliphatic rings. The van der Waals surface area contributed by atoms with E-state index in [0.717, 1.165) is 16.7 Å². The molecular weight excluding hydrogens is 328 g/mol. The van der Waals surface area contributed by atoms with Crippen molar-refractivity contribution in [3.8, 4) is 0 Å². The van der Waals surface area contributed by atoms with E-state index in [1.54, 1.807) is 6.33 Å². The molecule has 1 N–H and O–H groups in total. The minimum Gasteiger partial charge on any atom is -0.367 e. The van der Waals surface area contributed by atoms with Crippen LogP contribution in [0.2, 0.25) is 0 Å². The molecule has 0 spiro atoms. The predicted molar refractivity (Wildman–Crippen MR) is 105 cm³/mol. The van der Waals surface area contributed by atoms with E-state index in [9.17, 15) is 0 Å². The van der Waals surface area contributed by atoms with Gasteiger partial charge in [0.05, 0.1) is 5.39 Å². The number of aromatic nitrogens is 2. The quantitative estimate of drug-likeness (QED) is 0.891. The Kier molecular flexibility index (Phi) is 3.48. The third kappa shape index (κ3) is 2.51. The molecule has 0 aromatic carbocycles. The lowest BCUT2D eigenvalue weighted by atomic mass is 9.86. The normalized spacial score (nSPS) is 30.8. The van der Waals surface area contributed by atoms with Gasteiger partial charge in [-0.15, -0.1) is 11.3 Å². The van der Waals surface area contributed by atoms with Gasteiger partial charge in [-0.2, -0.15) is 0 Å². The number of fused-ring (bicyclic) bond motifs is 5. The van der Waals surface area contributed by atoms with Gasteiger partial charge < -0.3 is 10.2 Å².